The van der Waals surface area contributed by atoms with Crippen molar-refractivity contribution >= 4 is 28.7 Å². The van der Waals surface area contributed by atoms with Gasteiger partial charge in [0.25, 0.3) is 0 Å². The molecule has 2 bridgehead atoms. The molecule has 8 nitrogen and oxygen atoms in total. The van der Waals surface area contributed by atoms with Crippen molar-refractivity contribution in [3.8, 4) is 0 Å². The van der Waals surface area contributed by atoms with Crippen molar-refractivity contribution in [2.24, 2.45) is 11.7 Å². The number of benzene rings is 3. The Labute approximate surface area is 209 Å². The molecule has 2 atom stereocenters. The molecule has 182 valence electrons. The van der Waals surface area contributed by atoms with Crippen molar-refractivity contribution in [2.75, 3.05) is 11.9 Å². The largest absolute Gasteiger partial charge is 0.368 e. The van der Waals surface area contributed by atoms with Crippen LogP contribution in [0, 0.1) is 5.92 Å². The van der Waals surface area contributed by atoms with Gasteiger partial charge in [-0.1, -0.05) is 79.7 Å². The second kappa shape index (κ2) is 10.0. The minimum Gasteiger partial charge on any atom is -0.368 e. The van der Waals surface area contributed by atoms with Crippen LogP contribution in [0.2, 0.25) is 0 Å². The maximum Gasteiger partial charge on any atom is 0.318 e. The lowest BCUT2D eigenvalue weighted by Crippen LogP contribution is -2.48. The molecule has 2 heterocycles. The molecule has 3 amide bonds. The number of hydrogen-bond donors (Lipinski definition) is 3. The number of nitrogens with zero attached hydrogens (tertiary/aromatic N) is 3. The SMILES string of the molecule is CC1CN(C(=O)NC(c2ccccc2)c2ccccc2)Cc2nc(c3ccccc3n2)NC1C(N)=O. The highest BCUT2D eigenvalue weighted by Crippen LogP contribution is 2.26. The van der Waals surface area contributed by atoms with E-state index in [-0.39, 0.29) is 24.5 Å². The summed E-state index contributed by atoms with van der Waals surface area (Å²) < 4.78 is 0. The van der Waals surface area contributed by atoms with E-state index in [0.717, 1.165) is 22.0 Å². The summed E-state index contributed by atoms with van der Waals surface area (Å²) in [5, 5.41) is 7.21. The van der Waals surface area contributed by atoms with Crippen LogP contribution in [0.25, 0.3) is 10.9 Å². The normalized spacial score (nSPS) is 17.6. The number of carbonyl (C=O) groups excluding carboxylic acids is 2. The molecule has 0 radical (unpaired) electrons. The van der Waals surface area contributed by atoms with E-state index in [9.17, 15) is 9.59 Å². The maximum absolute atomic E-state index is 13.7. The van der Waals surface area contributed by atoms with Crippen LogP contribution in [0.1, 0.15) is 29.9 Å². The molecule has 36 heavy (non-hydrogen) atoms. The van der Waals surface area contributed by atoms with Crippen molar-refractivity contribution in [2.45, 2.75) is 25.6 Å². The first-order valence-electron chi connectivity index (χ1n) is 12.0. The van der Waals surface area contributed by atoms with Gasteiger partial charge in [-0.2, -0.15) is 0 Å². The summed E-state index contributed by atoms with van der Waals surface area (Å²) in [6, 6.07) is 25.9. The minimum atomic E-state index is -0.705. The molecule has 1 aliphatic rings. The monoisotopic (exact) mass is 480 g/mol. The van der Waals surface area contributed by atoms with Gasteiger partial charge in [-0.25, -0.2) is 14.8 Å². The summed E-state index contributed by atoms with van der Waals surface area (Å²) in [7, 11) is 0. The number of primary amides is 1. The molecule has 1 aromatic heterocycles. The average Bonchev–Trinajstić information content (AvgIpc) is 2.95. The molecular formula is C28H28N6O2. The maximum atomic E-state index is 13.7. The van der Waals surface area contributed by atoms with Gasteiger partial charge in [0.1, 0.15) is 11.9 Å². The number of nitrogens with two attached hydrogens (primary N) is 1. The van der Waals surface area contributed by atoms with Crippen LogP contribution in [-0.4, -0.2) is 39.4 Å². The van der Waals surface area contributed by atoms with Crippen LogP contribution in [0.4, 0.5) is 10.6 Å². The van der Waals surface area contributed by atoms with Crippen molar-refractivity contribution in [1.29, 1.82) is 0 Å². The zero-order valence-corrected chi connectivity index (χ0v) is 20.0. The summed E-state index contributed by atoms with van der Waals surface area (Å²) in [6.07, 6.45) is 0. The van der Waals surface area contributed by atoms with Gasteiger partial charge in [0.2, 0.25) is 5.91 Å². The zero-order chi connectivity index (χ0) is 25.1. The van der Waals surface area contributed by atoms with Crippen LogP contribution < -0.4 is 16.4 Å². The summed E-state index contributed by atoms with van der Waals surface area (Å²) in [5.74, 6) is 0.259. The van der Waals surface area contributed by atoms with E-state index in [0.29, 0.717) is 18.2 Å². The first-order valence-corrected chi connectivity index (χ1v) is 12.0. The number of fused-ring (bicyclic) bond motifs is 4. The number of urea groups is 1. The molecule has 5 rings (SSSR count). The molecule has 0 saturated heterocycles. The van der Waals surface area contributed by atoms with Crippen LogP contribution in [0.5, 0.6) is 0 Å². The molecule has 0 fully saturated rings. The minimum absolute atomic E-state index is 0.192. The quantitative estimate of drug-likeness (QED) is 0.411. The van der Waals surface area contributed by atoms with E-state index in [4.69, 9.17) is 5.73 Å². The molecule has 2 unspecified atom stereocenters. The van der Waals surface area contributed by atoms with E-state index in [1.807, 2.05) is 91.9 Å². The summed E-state index contributed by atoms with van der Waals surface area (Å²) in [4.78, 5) is 37.1. The van der Waals surface area contributed by atoms with Gasteiger partial charge in [-0.15, -0.1) is 0 Å². The van der Waals surface area contributed by atoms with Crippen LogP contribution in [0.15, 0.2) is 84.9 Å². The number of hydrogen-bond acceptors (Lipinski definition) is 5. The number of anilines is 1. The Kier molecular flexibility index (Phi) is 6.49. The Balaban J connectivity index is 1.51. The standard InChI is InChI=1S/C28H28N6O2/c1-18-16-34(28(36)33-25(19-10-4-2-5-11-19)20-12-6-3-7-13-20)17-23-30-22-15-9-8-14-21(22)27(31-23)32-24(18)26(29)35/h2-15,18,24-25H,16-17H2,1H3,(H2,29,35)(H,33,36)(H,30,31,32). The number of nitrogens with one attached hydrogen (secondary N) is 2. The fourth-order valence-corrected chi connectivity index (χ4v) is 4.65. The predicted molar refractivity (Wildman–Crippen MR) is 139 cm³/mol. The number of carbonyl (C=O) groups is 2. The van der Waals surface area contributed by atoms with Gasteiger partial charge < -0.3 is 21.3 Å². The third-order valence-corrected chi connectivity index (χ3v) is 6.48. The summed E-state index contributed by atoms with van der Waals surface area (Å²) in [6.45, 7) is 2.39. The number of amides is 3. The van der Waals surface area contributed by atoms with E-state index in [2.05, 4.69) is 20.6 Å². The molecule has 1 aliphatic heterocycles. The number of para-hydroxylation sites is 1. The van der Waals surface area contributed by atoms with Crippen LogP contribution >= 0.6 is 0 Å². The average molecular weight is 481 g/mol. The Bertz CT molecular complexity index is 1340. The van der Waals surface area contributed by atoms with E-state index < -0.39 is 11.9 Å². The fourth-order valence-electron chi connectivity index (χ4n) is 4.65. The molecule has 0 saturated carbocycles. The number of aromatic nitrogens is 2. The smallest absolute Gasteiger partial charge is 0.318 e. The van der Waals surface area contributed by atoms with Crippen molar-refractivity contribution in [1.82, 2.24) is 20.2 Å². The van der Waals surface area contributed by atoms with Crippen molar-refractivity contribution < 1.29 is 9.59 Å². The first kappa shape index (κ1) is 23.3. The first-order chi connectivity index (χ1) is 17.5. The van der Waals surface area contributed by atoms with Crippen LogP contribution in [-0.2, 0) is 11.3 Å². The Morgan fingerprint density at radius 2 is 1.56 bits per heavy atom. The highest BCUT2D eigenvalue weighted by Gasteiger charge is 2.31. The Morgan fingerprint density at radius 3 is 2.19 bits per heavy atom. The van der Waals surface area contributed by atoms with E-state index >= 15 is 0 Å². The molecule has 0 spiro atoms. The molecule has 8 heteroatoms. The second-order valence-corrected chi connectivity index (χ2v) is 9.09. The van der Waals surface area contributed by atoms with Gasteiger partial charge in [-0.05, 0) is 23.3 Å². The third kappa shape index (κ3) is 4.84. The molecule has 3 aromatic carbocycles. The van der Waals surface area contributed by atoms with Crippen molar-refractivity contribution in [3.05, 3.63) is 102 Å². The summed E-state index contributed by atoms with van der Waals surface area (Å²) >= 11 is 0. The highest BCUT2D eigenvalue weighted by molar-refractivity contribution is 5.92. The van der Waals surface area contributed by atoms with Gasteiger partial charge in [0.15, 0.2) is 5.82 Å². The Hall–Kier alpha value is -4.46. The number of rotatable bonds is 4. The van der Waals surface area contributed by atoms with E-state index in [1.165, 1.54) is 0 Å². The summed E-state index contributed by atoms with van der Waals surface area (Å²) in [5.41, 5.74) is 8.43. The van der Waals surface area contributed by atoms with E-state index in [1.54, 1.807) is 4.90 Å². The zero-order valence-electron chi connectivity index (χ0n) is 20.0. The van der Waals surface area contributed by atoms with Gasteiger partial charge in [0, 0.05) is 17.8 Å². The van der Waals surface area contributed by atoms with Gasteiger partial charge in [0.05, 0.1) is 18.1 Å². The third-order valence-electron chi connectivity index (χ3n) is 6.48. The van der Waals surface area contributed by atoms with Gasteiger partial charge >= 0.3 is 6.03 Å². The molecule has 4 N–H and O–H groups in total. The second-order valence-electron chi connectivity index (χ2n) is 9.09. The lowest BCUT2D eigenvalue weighted by molar-refractivity contribution is -0.119. The fraction of sp³-hybridized carbons (Fsp3) is 0.214. The van der Waals surface area contributed by atoms with Gasteiger partial charge in [-0.3, -0.25) is 4.79 Å². The lowest BCUT2D eigenvalue weighted by atomic mass is 9.98. The molecule has 4 aromatic rings. The molecular weight excluding hydrogens is 452 g/mol. The highest BCUT2D eigenvalue weighted by atomic mass is 16.2. The Morgan fingerprint density at radius 1 is 0.944 bits per heavy atom. The predicted octanol–water partition coefficient (Wildman–Crippen LogP) is 3.85. The topological polar surface area (TPSA) is 113 Å². The molecule has 0 aliphatic carbocycles. The van der Waals surface area contributed by atoms with Crippen LogP contribution in [0.3, 0.4) is 0 Å². The van der Waals surface area contributed by atoms with Crippen molar-refractivity contribution in [3.63, 3.8) is 0 Å². The lowest BCUT2D eigenvalue weighted by Gasteiger charge is -2.30.